The Morgan fingerprint density at radius 3 is 2.59 bits per heavy atom. The lowest BCUT2D eigenvalue weighted by atomic mass is 10.2. The summed E-state index contributed by atoms with van der Waals surface area (Å²) in [5.74, 6) is 0.0897. The van der Waals surface area contributed by atoms with Crippen molar-refractivity contribution in [3.8, 4) is 11.3 Å². The Kier molecular flexibility index (Phi) is 2.58. The van der Waals surface area contributed by atoms with Crippen molar-refractivity contribution in [2.75, 3.05) is 12.0 Å². The number of H-pyrrole nitrogens is 1. The Labute approximate surface area is 98.0 Å². The van der Waals surface area contributed by atoms with E-state index in [1.807, 2.05) is 6.92 Å². The summed E-state index contributed by atoms with van der Waals surface area (Å²) in [7, 11) is -3.45. The molecule has 0 amide bonds. The molecule has 0 saturated heterocycles. The normalized spacial score (nSPS) is 11.6. The number of nitrogens with one attached hydrogen (secondary N) is 1. The lowest BCUT2D eigenvalue weighted by molar-refractivity contribution is 0.593. The van der Waals surface area contributed by atoms with E-state index in [-0.39, 0.29) is 11.0 Å². The molecule has 0 bridgehead atoms. The minimum atomic E-state index is -3.45. The van der Waals surface area contributed by atoms with Crippen LogP contribution in [0.25, 0.3) is 11.3 Å². The van der Waals surface area contributed by atoms with E-state index >= 15 is 0 Å². The number of hydrogen-bond acceptors (Lipinski definition) is 6. The molecule has 0 unspecified atom stereocenters. The lowest BCUT2D eigenvalue weighted by Gasteiger charge is -2.02. The van der Waals surface area contributed by atoms with Gasteiger partial charge < -0.3 is 5.73 Å². The van der Waals surface area contributed by atoms with Gasteiger partial charge in [0.05, 0.1) is 11.3 Å². The van der Waals surface area contributed by atoms with Gasteiger partial charge in [-0.1, -0.05) is 0 Å². The summed E-state index contributed by atoms with van der Waals surface area (Å²) < 4.78 is 22.5. The first kappa shape index (κ1) is 11.5. The number of sulfone groups is 1. The first-order valence-electron chi connectivity index (χ1n) is 4.73. The number of aromatic amines is 1. The molecule has 0 aliphatic rings. The third-order valence-electron chi connectivity index (χ3n) is 2.11. The Morgan fingerprint density at radius 2 is 2.12 bits per heavy atom. The SMILES string of the molecule is Cc1cc(-c2cnc(S(C)(=O)=O)nc2N)n[nH]1. The minimum absolute atomic E-state index is 0.0897. The van der Waals surface area contributed by atoms with Gasteiger partial charge in [-0.15, -0.1) is 0 Å². The predicted molar refractivity (Wildman–Crippen MR) is 61.9 cm³/mol. The summed E-state index contributed by atoms with van der Waals surface area (Å²) in [5, 5.41) is 6.48. The first-order chi connectivity index (χ1) is 7.88. The number of hydrogen-bond donors (Lipinski definition) is 2. The van der Waals surface area contributed by atoms with Crippen molar-refractivity contribution in [2.45, 2.75) is 12.1 Å². The maximum absolute atomic E-state index is 11.2. The number of nitrogens with two attached hydrogens (primary N) is 1. The van der Waals surface area contributed by atoms with Gasteiger partial charge in [-0.3, -0.25) is 5.10 Å². The number of nitrogen functional groups attached to an aromatic ring is 1. The fraction of sp³-hybridized carbons (Fsp3) is 0.222. The number of nitrogens with zero attached hydrogens (tertiary/aromatic N) is 3. The van der Waals surface area contributed by atoms with Crippen LogP contribution in [0.1, 0.15) is 5.69 Å². The topological polar surface area (TPSA) is 115 Å². The van der Waals surface area contributed by atoms with Crippen molar-refractivity contribution in [2.24, 2.45) is 0 Å². The molecule has 2 aromatic heterocycles. The minimum Gasteiger partial charge on any atom is -0.383 e. The van der Waals surface area contributed by atoms with Crippen molar-refractivity contribution in [1.82, 2.24) is 20.2 Å². The molecule has 0 radical (unpaired) electrons. The van der Waals surface area contributed by atoms with Gasteiger partial charge in [0.15, 0.2) is 0 Å². The van der Waals surface area contributed by atoms with Crippen LogP contribution < -0.4 is 5.73 Å². The van der Waals surface area contributed by atoms with Crippen LogP contribution in [-0.4, -0.2) is 34.8 Å². The van der Waals surface area contributed by atoms with Gasteiger partial charge in [0.2, 0.25) is 15.0 Å². The maximum Gasteiger partial charge on any atom is 0.248 e. The quantitative estimate of drug-likeness (QED) is 0.737. The second-order valence-corrected chi connectivity index (χ2v) is 5.57. The van der Waals surface area contributed by atoms with Crippen molar-refractivity contribution in [3.63, 3.8) is 0 Å². The molecule has 8 heteroatoms. The first-order valence-corrected chi connectivity index (χ1v) is 6.62. The zero-order chi connectivity index (χ0) is 12.6. The summed E-state index contributed by atoms with van der Waals surface area (Å²) >= 11 is 0. The molecule has 2 heterocycles. The summed E-state index contributed by atoms with van der Waals surface area (Å²) in [6.45, 7) is 1.85. The maximum atomic E-state index is 11.2. The molecule has 0 atom stereocenters. The van der Waals surface area contributed by atoms with Gasteiger partial charge in [0.1, 0.15) is 5.82 Å². The standard InChI is InChI=1S/C9H11N5O2S/c1-5-3-7(14-13-5)6-4-11-9(12-8(6)10)17(2,15)16/h3-4H,1-2H3,(H,13,14)(H2,10,11,12). The van der Waals surface area contributed by atoms with Crippen LogP contribution in [-0.2, 0) is 9.84 Å². The van der Waals surface area contributed by atoms with E-state index in [1.165, 1.54) is 6.20 Å². The van der Waals surface area contributed by atoms with Gasteiger partial charge in [-0.2, -0.15) is 5.10 Å². The third-order valence-corrected chi connectivity index (χ3v) is 2.97. The fourth-order valence-electron chi connectivity index (χ4n) is 1.31. The van der Waals surface area contributed by atoms with Crippen LogP contribution in [0, 0.1) is 6.92 Å². The van der Waals surface area contributed by atoms with Gasteiger partial charge in [0, 0.05) is 18.1 Å². The van der Waals surface area contributed by atoms with Crippen molar-refractivity contribution < 1.29 is 8.42 Å². The lowest BCUT2D eigenvalue weighted by Crippen LogP contribution is -2.07. The van der Waals surface area contributed by atoms with Gasteiger partial charge in [0.25, 0.3) is 0 Å². The molecule has 3 N–H and O–H groups in total. The van der Waals surface area contributed by atoms with E-state index in [0.717, 1.165) is 11.9 Å². The summed E-state index contributed by atoms with van der Waals surface area (Å²) in [5.41, 5.74) is 7.64. The van der Waals surface area contributed by atoms with Crippen LogP contribution in [0.2, 0.25) is 0 Å². The van der Waals surface area contributed by atoms with E-state index in [2.05, 4.69) is 20.2 Å². The summed E-state index contributed by atoms with van der Waals surface area (Å²) in [6.07, 6.45) is 2.38. The molecule has 7 nitrogen and oxygen atoms in total. The summed E-state index contributed by atoms with van der Waals surface area (Å²) in [4.78, 5) is 7.52. The van der Waals surface area contributed by atoms with Crippen molar-refractivity contribution in [3.05, 3.63) is 18.0 Å². The van der Waals surface area contributed by atoms with Crippen molar-refractivity contribution >= 4 is 15.7 Å². The van der Waals surface area contributed by atoms with Crippen LogP contribution >= 0.6 is 0 Å². The Bertz CT molecular complexity index is 662. The molecule has 0 aliphatic carbocycles. The third kappa shape index (κ3) is 2.26. The molecule has 0 aromatic carbocycles. The molecule has 17 heavy (non-hydrogen) atoms. The Morgan fingerprint density at radius 1 is 1.41 bits per heavy atom. The van der Waals surface area contributed by atoms with Crippen LogP contribution in [0.4, 0.5) is 5.82 Å². The fourth-order valence-corrected chi connectivity index (χ4v) is 1.82. The van der Waals surface area contributed by atoms with Crippen molar-refractivity contribution in [1.29, 1.82) is 0 Å². The van der Waals surface area contributed by atoms with E-state index < -0.39 is 9.84 Å². The molecular weight excluding hydrogens is 242 g/mol. The van der Waals surface area contributed by atoms with E-state index in [1.54, 1.807) is 6.07 Å². The number of rotatable bonds is 2. The predicted octanol–water partition coefficient (Wildman–Crippen LogP) is 0.161. The van der Waals surface area contributed by atoms with Gasteiger partial charge >= 0.3 is 0 Å². The van der Waals surface area contributed by atoms with Crippen LogP contribution in [0.3, 0.4) is 0 Å². The average molecular weight is 253 g/mol. The molecule has 0 spiro atoms. The van der Waals surface area contributed by atoms with Crippen LogP contribution in [0.5, 0.6) is 0 Å². The molecule has 0 saturated carbocycles. The molecule has 0 aliphatic heterocycles. The Hall–Kier alpha value is -1.96. The largest absolute Gasteiger partial charge is 0.383 e. The highest BCUT2D eigenvalue weighted by Gasteiger charge is 2.15. The monoisotopic (exact) mass is 253 g/mol. The second-order valence-electron chi connectivity index (χ2n) is 3.66. The Balaban J connectivity index is 2.53. The van der Waals surface area contributed by atoms with E-state index in [0.29, 0.717) is 11.3 Å². The van der Waals surface area contributed by atoms with E-state index in [4.69, 9.17) is 5.73 Å². The number of anilines is 1. The molecule has 2 rings (SSSR count). The zero-order valence-corrected chi connectivity index (χ0v) is 10.1. The van der Waals surface area contributed by atoms with Crippen LogP contribution in [0.15, 0.2) is 17.4 Å². The van der Waals surface area contributed by atoms with Gasteiger partial charge in [-0.25, -0.2) is 18.4 Å². The average Bonchev–Trinajstić information content (AvgIpc) is 2.63. The molecule has 90 valence electrons. The highest BCUT2D eigenvalue weighted by Crippen LogP contribution is 2.22. The summed E-state index contributed by atoms with van der Waals surface area (Å²) in [6, 6.07) is 1.77. The number of aryl methyl sites for hydroxylation is 1. The molecule has 2 aromatic rings. The van der Waals surface area contributed by atoms with E-state index in [9.17, 15) is 8.42 Å². The second kappa shape index (κ2) is 3.81. The zero-order valence-electron chi connectivity index (χ0n) is 9.30. The smallest absolute Gasteiger partial charge is 0.248 e. The molecular formula is C9H11N5O2S. The highest BCUT2D eigenvalue weighted by atomic mass is 32.2. The van der Waals surface area contributed by atoms with Gasteiger partial charge in [-0.05, 0) is 13.0 Å². The highest BCUT2D eigenvalue weighted by molar-refractivity contribution is 7.90. The molecule has 0 fully saturated rings. The number of aromatic nitrogens is 4.